The van der Waals surface area contributed by atoms with Gasteiger partial charge in [0.05, 0.1) is 5.56 Å². The van der Waals surface area contributed by atoms with Crippen LogP contribution in [0.4, 0.5) is 0 Å². The standard InChI is InChI=1S/C8H6O3.C4H8N2O2/c9-6-11-8(10)7-4-2-1-3-5-7;1-2-3(7)4(8)6-5/h1-6H;2,5H2,1H3,(H,6,8). The predicted octanol–water partition coefficient (Wildman–Crippen LogP) is -0.0448. The number of nitrogens with two attached hydrogens (primary N) is 1. The molecular formula is C12H14N2O5. The maximum absolute atomic E-state index is 10.8. The average molecular weight is 266 g/mol. The lowest BCUT2D eigenvalue weighted by Crippen LogP contribution is -2.35. The van der Waals surface area contributed by atoms with Gasteiger partial charge in [0, 0.05) is 6.42 Å². The van der Waals surface area contributed by atoms with Crippen molar-refractivity contribution in [3.8, 4) is 0 Å². The molecule has 1 rings (SSSR count). The number of rotatable bonds is 4. The van der Waals surface area contributed by atoms with Gasteiger partial charge >= 0.3 is 18.3 Å². The van der Waals surface area contributed by atoms with Crippen molar-refractivity contribution in [1.82, 2.24) is 5.43 Å². The topological polar surface area (TPSA) is 116 Å². The molecule has 102 valence electrons. The van der Waals surface area contributed by atoms with Crippen molar-refractivity contribution >= 4 is 24.1 Å². The second-order valence-corrected chi connectivity index (χ2v) is 3.12. The van der Waals surface area contributed by atoms with Crippen molar-refractivity contribution in [3.05, 3.63) is 35.9 Å². The first-order valence-electron chi connectivity index (χ1n) is 5.30. The molecule has 0 bridgehead atoms. The highest BCUT2D eigenvalue weighted by atomic mass is 16.6. The average Bonchev–Trinajstić information content (AvgIpc) is 2.47. The highest BCUT2D eigenvalue weighted by Crippen LogP contribution is 1.99. The van der Waals surface area contributed by atoms with Crippen LogP contribution in [0.15, 0.2) is 30.3 Å². The van der Waals surface area contributed by atoms with E-state index >= 15 is 0 Å². The van der Waals surface area contributed by atoms with E-state index in [-0.39, 0.29) is 12.9 Å². The SMILES string of the molecule is CCC(=O)C(=O)NN.O=COC(=O)c1ccccc1. The minimum absolute atomic E-state index is 0.120. The molecule has 0 spiro atoms. The summed E-state index contributed by atoms with van der Waals surface area (Å²) < 4.78 is 4.11. The molecule has 0 aromatic heterocycles. The van der Waals surface area contributed by atoms with Crippen LogP contribution in [0.5, 0.6) is 0 Å². The Morgan fingerprint density at radius 1 is 1.26 bits per heavy atom. The van der Waals surface area contributed by atoms with Crippen molar-refractivity contribution in [1.29, 1.82) is 0 Å². The monoisotopic (exact) mass is 266 g/mol. The van der Waals surface area contributed by atoms with Crippen LogP contribution in [0.3, 0.4) is 0 Å². The predicted molar refractivity (Wildman–Crippen MR) is 65.5 cm³/mol. The number of benzene rings is 1. The molecule has 0 aliphatic rings. The van der Waals surface area contributed by atoms with Gasteiger partial charge in [-0.15, -0.1) is 0 Å². The molecule has 1 amide bonds. The number of amides is 1. The first-order chi connectivity index (χ1) is 9.06. The summed E-state index contributed by atoms with van der Waals surface area (Å²) in [6.45, 7) is 1.72. The molecule has 1 aromatic carbocycles. The van der Waals surface area contributed by atoms with Gasteiger partial charge in [-0.25, -0.2) is 10.6 Å². The Balaban J connectivity index is 0.000000362. The number of carbonyl (C=O) groups is 4. The third-order valence-corrected chi connectivity index (χ3v) is 1.87. The number of ketones is 1. The van der Waals surface area contributed by atoms with Crippen LogP contribution < -0.4 is 11.3 Å². The molecule has 0 heterocycles. The van der Waals surface area contributed by atoms with Gasteiger partial charge in [-0.3, -0.25) is 19.8 Å². The molecule has 0 aliphatic heterocycles. The van der Waals surface area contributed by atoms with Crippen LogP contribution in [-0.2, 0) is 19.1 Å². The first kappa shape index (κ1) is 16.5. The summed E-state index contributed by atoms with van der Waals surface area (Å²) in [7, 11) is 0. The maximum atomic E-state index is 10.8. The van der Waals surface area contributed by atoms with Crippen LogP contribution in [0.2, 0.25) is 0 Å². The number of Topliss-reactive ketones (excluding diaryl/α,β-unsaturated/α-hetero) is 1. The highest BCUT2D eigenvalue weighted by molar-refractivity contribution is 6.35. The van der Waals surface area contributed by atoms with Crippen molar-refractivity contribution in [2.45, 2.75) is 13.3 Å². The lowest BCUT2D eigenvalue weighted by molar-refractivity contribution is -0.137. The first-order valence-corrected chi connectivity index (χ1v) is 5.30. The molecule has 7 heteroatoms. The minimum atomic E-state index is -0.729. The number of hydrazine groups is 1. The summed E-state index contributed by atoms with van der Waals surface area (Å²) in [6, 6.07) is 8.32. The highest BCUT2D eigenvalue weighted by Gasteiger charge is 2.06. The molecule has 7 nitrogen and oxygen atoms in total. The van der Waals surface area contributed by atoms with Crippen LogP contribution in [0, 0.1) is 0 Å². The Hall–Kier alpha value is -2.54. The van der Waals surface area contributed by atoms with Crippen LogP contribution in [0.1, 0.15) is 23.7 Å². The molecule has 19 heavy (non-hydrogen) atoms. The molecule has 0 atom stereocenters. The Morgan fingerprint density at radius 2 is 1.84 bits per heavy atom. The lowest BCUT2D eigenvalue weighted by Gasteiger charge is -1.94. The van der Waals surface area contributed by atoms with Crippen LogP contribution in [-0.4, -0.2) is 24.1 Å². The number of carbonyl (C=O) groups excluding carboxylic acids is 4. The molecule has 0 radical (unpaired) electrons. The van der Waals surface area contributed by atoms with Gasteiger partial charge in [-0.2, -0.15) is 0 Å². The van der Waals surface area contributed by atoms with E-state index in [0.717, 1.165) is 0 Å². The zero-order valence-corrected chi connectivity index (χ0v) is 10.3. The van der Waals surface area contributed by atoms with Gasteiger partial charge in [0.15, 0.2) is 0 Å². The Morgan fingerprint density at radius 3 is 2.21 bits per heavy atom. The molecule has 0 fully saturated rings. The van der Waals surface area contributed by atoms with Crippen LogP contribution in [0.25, 0.3) is 0 Å². The third-order valence-electron chi connectivity index (χ3n) is 1.87. The molecule has 0 unspecified atom stereocenters. The quantitative estimate of drug-likeness (QED) is 0.150. The molecule has 1 aromatic rings. The molecular weight excluding hydrogens is 252 g/mol. The van der Waals surface area contributed by atoms with Crippen molar-refractivity contribution in [3.63, 3.8) is 0 Å². The summed E-state index contributed by atoms with van der Waals surface area (Å²) in [6.07, 6.45) is 0.197. The van der Waals surface area contributed by atoms with Crippen molar-refractivity contribution < 1.29 is 23.9 Å². The van der Waals surface area contributed by atoms with Gasteiger partial charge in [-0.05, 0) is 12.1 Å². The van der Waals surface area contributed by atoms with Gasteiger partial charge in [0.1, 0.15) is 0 Å². The third kappa shape index (κ3) is 6.69. The fraction of sp³-hybridized carbons (Fsp3) is 0.167. The van der Waals surface area contributed by atoms with Crippen molar-refractivity contribution in [2.24, 2.45) is 5.84 Å². The zero-order valence-electron chi connectivity index (χ0n) is 10.3. The van der Waals surface area contributed by atoms with Gasteiger partial charge in [-0.1, -0.05) is 25.1 Å². The Bertz CT molecular complexity index is 431. The fourth-order valence-corrected chi connectivity index (χ4v) is 0.927. The summed E-state index contributed by atoms with van der Waals surface area (Å²) in [5.74, 6) is 2.78. The van der Waals surface area contributed by atoms with Gasteiger partial charge in [0.25, 0.3) is 0 Å². The minimum Gasteiger partial charge on any atom is -0.392 e. The van der Waals surface area contributed by atoms with E-state index in [0.29, 0.717) is 5.56 Å². The van der Waals surface area contributed by atoms with Gasteiger partial charge < -0.3 is 4.74 Å². The fourth-order valence-electron chi connectivity index (χ4n) is 0.927. The number of hydrogen-bond acceptors (Lipinski definition) is 6. The van der Waals surface area contributed by atoms with Gasteiger partial charge in [0.2, 0.25) is 5.78 Å². The summed E-state index contributed by atoms with van der Waals surface area (Å²) in [5.41, 5.74) is 2.10. The molecule has 0 saturated carbocycles. The normalized spacial score (nSPS) is 8.53. The largest absolute Gasteiger partial charge is 0.392 e. The van der Waals surface area contributed by atoms with E-state index in [1.54, 1.807) is 42.7 Å². The number of hydrogen-bond donors (Lipinski definition) is 2. The zero-order chi connectivity index (χ0) is 14.7. The van der Waals surface area contributed by atoms with E-state index in [1.807, 2.05) is 0 Å². The van der Waals surface area contributed by atoms with E-state index in [9.17, 15) is 19.2 Å². The summed E-state index contributed by atoms with van der Waals surface area (Å²) in [4.78, 5) is 40.9. The Labute approximate surface area is 109 Å². The van der Waals surface area contributed by atoms with Crippen LogP contribution >= 0.6 is 0 Å². The molecule has 3 N–H and O–H groups in total. The van der Waals surface area contributed by atoms with E-state index < -0.39 is 17.7 Å². The second kappa shape index (κ2) is 9.49. The van der Waals surface area contributed by atoms with Crippen molar-refractivity contribution in [2.75, 3.05) is 0 Å². The maximum Gasteiger partial charge on any atom is 0.345 e. The van der Waals surface area contributed by atoms with E-state index in [2.05, 4.69) is 10.6 Å². The second-order valence-electron chi connectivity index (χ2n) is 3.12. The van der Waals surface area contributed by atoms with E-state index in [4.69, 9.17) is 0 Å². The number of ether oxygens (including phenoxy) is 1. The summed E-state index contributed by atoms with van der Waals surface area (Å²) in [5, 5.41) is 0. The summed E-state index contributed by atoms with van der Waals surface area (Å²) >= 11 is 0. The smallest absolute Gasteiger partial charge is 0.345 e. The number of nitrogens with one attached hydrogen (secondary N) is 1. The molecule has 0 aliphatic carbocycles. The number of esters is 1. The molecule has 0 saturated heterocycles. The van der Waals surface area contributed by atoms with E-state index in [1.165, 1.54) is 0 Å². The lowest BCUT2D eigenvalue weighted by atomic mass is 10.2. The Kier molecular flexibility index (Phi) is 8.22.